The van der Waals surface area contributed by atoms with Gasteiger partial charge in [0.2, 0.25) is 5.82 Å². The smallest absolute Gasteiger partial charge is 0.410 e. The first-order valence-corrected chi connectivity index (χ1v) is 10.9. The summed E-state index contributed by atoms with van der Waals surface area (Å²) < 4.78 is 37.2. The Morgan fingerprint density at radius 1 is 1.25 bits per heavy atom. The van der Waals surface area contributed by atoms with E-state index in [1.165, 1.54) is 6.07 Å². The molecule has 174 valence electrons. The zero-order valence-electron chi connectivity index (χ0n) is 19.1. The number of aryl methyl sites for hydroxylation is 1. The minimum absolute atomic E-state index is 0.00871. The van der Waals surface area contributed by atoms with E-state index < -0.39 is 17.5 Å². The van der Waals surface area contributed by atoms with Gasteiger partial charge in [0, 0.05) is 24.9 Å². The van der Waals surface area contributed by atoms with E-state index in [2.05, 4.69) is 10.1 Å². The SMILES string of the molecule is Cc1ccc(-c2noc([C@@H](C)OC3C4COCC3CN(C(=O)OC(C)(C)C)C4)n2)c(F)c1. The number of aromatic nitrogens is 2. The summed E-state index contributed by atoms with van der Waals surface area (Å²) >= 11 is 0. The number of hydrogen-bond acceptors (Lipinski definition) is 7. The predicted octanol–water partition coefficient (Wildman–Crippen LogP) is 4.14. The number of hydrogen-bond donors (Lipinski definition) is 0. The monoisotopic (exact) mass is 447 g/mol. The minimum Gasteiger partial charge on any atom is -0.444 e. The molecular weight excluding hydrogens is 417 g/mol. The van der Waals surface area contributed by atoms with Crippen LogP contribution >= 0.6 is 0 Å². The van der Waals surface area contributed by atoms with Gasteiger partial charge < -0.3 is 23.6 Å². The molecule has 9 heteroatoms. The first-order chi connectivity index (χ1) is 15.1. The molecule has 0 N–H and O–H groups in total. The van der Waals surface area contributed by atoms with Gasteiger partial charge in [0.25, 0.3) is 5.89 Å². The Kier molecular flexibility index (Phi) is 6.22. The Balaban J connectivity index is 1.43. The molecule has 2 aliphatic rings. The fourth-order valence-electron chi connectivity index (χ4n) is 4.20. The molecule has 2 fully saturated rings. The molecular formula is C23H30FN3O5. The van der Waals surface area contributed by atoms with Crippen LogP contribution in [0.15, 0.2) is 22.7 Å². The maximum absolute atomic E-state index is 14.3. The molecule has 1 amide bonds. The van der Waals surface area contributed by atoms with Crippen LogP contribution in [0.4, 0.5) is 9.18 Å². The van der Waals surface area contributed by atoms with Crippen molar-refractivity contribution in [3.63, 3.8) is 0 Å². The molecule has 2 unspecified atom stereocenters. The highest BCUT2D eigenvalue weighted by atomic mass is 19.1. The predicted molar refractivity (Wildman–Crippen MR) is 113 cm³/mol. The Labute approximate surface area is 187 Å². The lowest BCUT2D eigenvalue weighted by Crippen LogP contribution is -2.58. The highest BCUT2D eigenvalue weighted by molar-refractivity contribution is 5.68. The van der Waals surface area contributed by atoms with Gasteiger partial charge in [-0.05, 0) is 52.3 Å². The second kappa shape index (κ2) is 8.78. The number of likely N-dealkylation sites (tertiary alicyclic amines) is 1. The molecule has 8 nitrogen and oxygen atoms in total. The molecule has 3 atom stereocenters. The lowest BCUT2D eigenvalue weighted by Gasteiger charge is -2.47. The Bertz CT molecular complexity index is 959. The van der Waals surface area contributed by atoms with Gasteiger partial charge in [-0.25, -0.2) is 9.18 Å². The molecule has 0 saturated carbocycles. The molecule has 2 aliphatic heterocycles. The van der Waals surface area contributed by atoms with Crippen LogP contribution in [0.5, 0.6) is 0 Å². The van der Waals surface area contributed by atoms with Gasteiger partial charge in [0.1, 0.15) is 17.5 Å². The molecule has 1 aromatic carbocycles. The molecule has 0 spiro atoms. The topological polar surface area (TPSA) is 86.9 Å². The van der Waals surface area contributed by atoms with Crippen molar-refractivity contribution in [2.75, 3.05) is 26.3 Å². The van der Waals surface area contributed by atoms with E-state index in [1.807, 2.05) is 34.6 Å². The number of ether oxygens (including phenoxy) is 3. The van der Waals surface area contributed by atoms with E-state index in [1.54, 1.807) is 17.0 Å². The van der Waals surface area contributed by atoms with Crippen LogP contribution in [0.2, 0.25) is 0 Å². The average Bonchev–Trinajstić information content (AvgIpc) is 3.16. The molecule has 0 aliphatic carbocycles. The summed E-state index contributed by atoms with van der Waals surface area (Å²) in [6.45, 7) is 11.2. The molecule has 2 bridgehead atoms. The van der Waals surface area contributed by atoms with Crippen molar-refractivity contribution in [2.45, 2.75) is 52.4 Å². The fraction of sp³-hybridized carbons (Fsp3) is 0.609. The van der Waals surface area contributed by atoms with E-state index in [0.29, 0.717) is 26.3 Å². The normalized spacial score (nSPS) is 24.3. The summed E-state index contributed by atoms with van der Waals surface area (Å²) in [4.78, 5) is 18.6. The van der Waals surface area contributed by atoms with Crippen LogP contribution in [0.25, 0.3) is 11.4 Å². The van der Waals surface area contributed by atoms with E-state index in [9.17, 15) is 9.18 Å². The molecule has 2 aromatic rings. The van der Waals surface area contributed by atoms with Crippen molar-refractivity contribution >= 4 is 6.09 Å². The third-order valence-corrected chi connectivity index (χ3v) is 5.67. The summed E-state index contributed by atoms with van der Waals surface area (Å²) in [5.74, 6) is 0.0979. The van der Waals surface area contributed by atoms with E-state index in [-0.39, 0.29) is 41.3 Å². The zero-order valence-corrected chi connectivity index (χ0v) is 19.1. The van der Waals surface area contributed by atoms with Crippen molar-refractivity contribution in [1.82, 2.24) is 15.0 Å². The molecule has 3 heterocycles. The number of piperidine rings is 1. The zero-order chi connectivity index (χ0) is 23.0. The third-order valence-electron chi connectivity index (χ3n) is 5.67. The first kappa shape index (κ1) is 22.7. The average molecular weight is 448 g/mol. The van der Waals surface area contributed by atoms with Crippen LogP contribution in [0.3, 0.4) is 0 Å². The van der Waals surface area contributed by atoms with Gasteiger partial charge in [0.05, 0.1) is 24.9 Å². The number of amides is 1. The van der Waals surface area contributed by atoms with Gasteiger partial charge in [-0.1, -0.05) is 11.2 Å². The first-order valence-electron chi connectivity index (χ1n) is 10.9. The number of nitrogens with zero attached hydrogens (tertiary/aromatic N) is 3. The van der Waals surface area contributed by atoms with Crippen molar-refractivity contribution in [1.29, 1.82) is 0 Å². The maximum atomic E-state index is 14.3. The lowest BCUT2D eigenvalue weighted by molar-refractivity contribution is -0.168. The minimum atomic E-state index is -0.545. The summed E-state index contributed by atoms with van der Waals surface area (Å²) in [5, 5.41) is 3.93. The van der Waals surface area contributed by atoms with E-state index in [0.717, 1.165) is 5.56 Å². The van der Waals surface area contributed by atoms with E-state index >= 15 is 0 Å². The molecule has 2 saturated heterocycles. The second-order valence-corrected chi connectivity index (χ2v) is 9.63. The van der Waals surface area contributed by atoms with Gasteiger partial charge >= 0.3 is 6.09 Å². The van der Waals surface area contributed by atoms with Crippen molar-refractivity contribution in [3.8, 4) is 11.4 Å². The number of carbonyl (C=O) groups excluding carboxylic acids is 1. The molecule has 4 rings (SSSR count). The lowest BCUT2D eigenvalue weighted by atomic mass is 9.84. The number of fused-ring (bicyclic) bond motifs is 2. The second-order valence-electron chi connectivity index (χ2n) is 9.63. The highest BCUT2D eigenvalue weighted by Crippen LogP contribution is 2.34. The molecule has 0 radical (unpaired) electrons. The number of rotatable bonds is 4. The van der Waals surface area contributed by atoms with Crippen LogP contribution in [0.1, 0.15) is 45.3 Å². The number of carbonyl (C=O) groups is 1. The van der Waals surface area contributed by atoms with Crippen molar-refractivity contribution in [2.24, 2.45) is 11.8 Å². The summed E-state index contributed by atoms with van der Waals surface area (Å²) in [5.41, 5.74) is 0.559. The Hall–Kier alpha value is -2.52. The largest absolute Gasteiger partial charge is 0.444 e. The van der Waals surface area contributed by atoms with Crippen LogP contribution < -0.4 is 0 Å². The van der Waals surface area contributed by atoms with Gasteiger partial charge in [0.15, 0.2) is 0 Å². The highest BCUT2D eigenvalue weighted by Gasteiger charge is 2.44. The summed E-state index contributed by atoms with van der Waals surface area (Å²) in [6.07, 6.45) is -0.919. The number of benzene rings is 1. The summed E-state index contributed by atoms with van der Waals surface area (Å²) in [7, 11) is 0. The van der Waals surface area contributed by atoms with Crippen LogP contribution in [-0.4, -0.2) is 59.1 Å². The fourth-order valence-corrected chi connectivity index (χ4v) is 4.20. The van der Waals surface area contributed by atoms with Crippen LogP contribution in [0, 0.1) is 24.6 Å². The van der Waals surface area contributed by atoms with Gasteiger partial charge in [-0.2, -0.15) is 4.98 Å². The standard InChI is InChI=1S/C23H30FN3O5/c1-13-6-7-17(18(24)8-13)20-25-21(32-26-20)14(2)30-19-15-9-27(10-16(19)12-29-11-15)22(28)31-23(3,4)5/h6-8,14-16,19H,9-12H2,1-5H3/t14-,15?,16?,19?/m1/s1. The maximum Gasteiger partial charge on any atom is 0.410 e. The third kappa shape index (κ3) is 4.94. The van der Waals surface area contributed by atoms with Gasteiger partial charge in [-0.15, -0.1) is 0 Å². The van der Waals surface area contributed by atoms with Crippen molar-refractivity contribution < 1.29 is 27.9 Å². The van der Waals surface area contributed by atoms with E-state index in [4.69, 9.17) is 18.7 Å². The van der Waals surface area contributed by atoms with Gasteiger partial charge in [-0.3, -0.25) is 0 Å². The molecule has 32 heavy (non-hydrogen) atoms. The number of halogens is 1. The Morgan fingerprint density at radius 3 is 2.56 bits per heavy atom. The molecule has 1 aromatic heterocycles. The summed E-state index contributed by atoms with van der Waals surface area (Å²) in [6, 6.07) is 4.87. The van der Waals surface area contributed by atoms with Crippen LogP contribution in [-0.2, 0) is 14.2 Å². The Morgan fingerprint density at radius 2 is 1.94 bits per heavy atom. The quantitative estimate of drug-likeness (QED) is 0.696. The van der Waals surface area contributed by atoms with Crippen molar-refractivity contribution in [3.05, 3.63) is 35.5 Å².